The van der Waals surface area contributed by atoms with Gasteiger partial charge in [0.1, 0.15) is 5.82 Å². The summed E-state index contributed by atoms with van der Waals surface area (Å²) in [6.07, 6.45) is 0.523. The minimum Gasteiger partial charge on any atom is -0.393 e. The number of amides is 1. The summed E-state index contributed by atoms with van der Waals surface area (Å²) < 4.78 is 13.9. The molecule has 0 saturated carbocycles. The second kappa shape index (κ2) is 7.60. The Morgan fingerprint density at radius 3 is 2.78 bits per heavy atom. The molecule has 23 heavy (non-hydrogen) atoms. The van der Waals surface area contributed by atoms with Crippen LogP contribution in [0.5, 0.6) is 0 Å². The largest absolute Gasteiger partial charge is 0.393 e. The molecule has 1 saturated heterocycles. The molecule has 1 fully saturated rings. The Kier molecular flexibility index (Phi) is 6.00. The summed E-state index contributed by atoms with van der Waals surface area (Å²) in [7, 11) is 1.66. The summed E-state index contributed by atoms with van der Waals surface area (Å²) >= 11 is 6.02. The van der Waals surface area contributed by atoms with E-state index in [4.69, 9.17) is 11.6 Å². The molecule has 3 unspecified atom stereocenters. The third-order valence-electron chi connectivity index (χ3n) is 4.68. The molecule has 0 radical (unpaired) electrons. The van der Waals surface area contributed by atoms with Gasteiger partial charge in [0.05, 0.1) is 12.1 Å². The maximum atomic E-state index is 13.9. The minimum absolute atomic E-state index is 0.0736. The summed E-state index contributed by atoms with van der Waals surface area (Å²) in [5.41, 5.74) is 0.334. The summed E-state index contributed by atoms with van der Waals surface area (Å²) in [6, 6.07) is 4.22. The molecule has 128 valence electrons. The van der Waals surface area contributed by atoms with Gasteiger partial charge >= 0.3 is 0 Å². The second-order valence-corrected chi connectivity index (χ2v) is 6.76. The highest BCUT2D eigenvalue weighted by atomic mass is 35.5. The van der Waals surface area contributed by atoms with Gasteiger partial charge in [-0.3, -0.25) is 9.69 Å². The van der Waals surface area contributed by atoms with Crippen molar-refractivity contribution in [2.45, 2.75) is 39.0 Å². The molecule has 1 aliphatic rings. The highest BCUT2D eigenvalue weighted by Gasteiger charge is 2.32. The molecule has 1 aromatic carbocycles. The summed E-state index contributed by atoms with van der Waals surface area (Å²) in [5, 5.41) is 10.0. The number of nitrogens with zero attached hydrogens (tertiary/aromatic N) is 2. The number of likely N-dealkylation sites (tertiary alicyclic amines) is 1. The monoisotopic (exact) mass is 342 g/mol. The predicted octanol–water partition coefficient (Wildman–Crippen LogP) is 2.53. The fourth-order valence-corrected chi connectivity index (χ4v) is 3.26. The van der Waals surface area contributed by atoms with Crippen LogP contribution in [0.3, 0.4) is 0 Å². The Hall–Kier alpha value is -1.17. The fourth-order valence-electron chi connectivity index (χ4n) is 3.03. The molecule has 3 atom stereocenters. The van der Waals surface area contributed by atoms with Gasteiger partial charge in [-0.2, -0.15) is 0 Å². The van der Waals surface area contributed by atoms with Crippen molar-refractivity contribution in [2.24, 2.45) is 5.92 Å². The Bertz CT molecular complexity index is 547. The molecule has 1 amide bonds. The van der Waals surface area contributed by atoms with E-state index < -0.39 is 5.82 Å². The molecular formula is C17H24ClFN2O2. The van der Waals surface area contributed by atoms with E-state index in [1.807, 2.05) is 6.92 Å². The van der Waals surface area contributed by atoms with Crippen LogP contribution >= 0.6 is 11.6 Å². The summed E-state index contributed by atoms with van der Waals surface area (Å²) in [4.78, 5) is 16.2. The number of halogens is 2. The van der Waals surface area contributed by atoms with Crippen LogP contribution in [0.1, 0.15) is 25.8 Å². The Morgan fingerprint density at radius 2 is 2.22 bits per heavy atom. The zero-order valence-electron chi connectivity index (χ0n) is 13.8. The molecule has 0 bridgehead atoms. The van der Waals surface area contributed by atoms with Gasteiger partial charge < -0.3 is 10.0 Å². The maximum Gasteiger partial charge on any atom is 0.239 e. The number of likely N-dealkylation sites (N-methyl/N-ethyl adjacent to an activating group) is 1. The van der Waals surface area contributed by atoms with Crippen LogP contribution in [-0.2, 0) is 11.3 Å². The van der Waals surface area contributed by atoms with Crippen molar-refractivity contribution in [1.29, 1.82) is 0 Å². The van der Waals surface area contributed by atoms with E-state index in [9.17, 15) is 14.3 Å². The van der Waals surface area contributed by atoms with E-state index >= 15 is 0 Å². The molecule has 6 heteroatoms. The molecule has 4 nitrogen and oxygen atoms in total. The zero-order valence-corrected chi connectivity index (χ0v) is 14.6. The Morgan fingerprint density at radius 1 is 1.52 bits per heavy atom. The first kappa shape index (κ1) is 18.2. The Balaban J connectivity index is 1.99. The van der Waals surface area contributed by atoms with Gasteiger partial charge in [-0.1, -0.05) is 17.7 Å². The number of hydrogen-bond acceptors (Lipinski definition) is 3. The molecule has 1 N–H and O–H groups in total. The third kappa shape index (κ3) is 4.22. The van der Waals surface area contributed by atoms with Gasteiger partial charge in [0.15, 0.2) is 0 Å². The number of aliphatic hydroxyl groups excluding tert-OH is 1. The topological polar surface area (TPSA) is 43.8 Å². The van der Waals surface area contributed by atoms with Crippen LogP contribution in [0.4, 0.5) is 4.39 Å². The Labute approximate surface area is 141 Å². The minimum atomic E-state index is -0.403. The standard InChI is InChI=1S/C17H24ClFN2O2/c1-11(21-8-7-13(9-21)12(2)22)17(23)20(3)10-14-15(18)5-4-6-16(14)19/h4-6,11-13,22H,7-10H2,1-3H3. The van der Waals surface area contributed by atoms with E-state index in [0.29, 0.717) is 17.1 Å². The first-order chi connectivity index (χ1) is 10.8. The highest BCUT2D eigenvalue weighted by molar-refractivity contribution is 6.31. The molecule has 1 heterocycles. The van der Waals surface area contributed by atoms with Crippen LogP contribution < -0.4 is 0 Å². The van der Waals surface area contributed by atoms with Gasteiger partial charge in [-0.25, -0.2) is 4.39 Å². The molecular weight excluding hydrogens is 319 g/mol. The van der Waals surface area contributed by atoms with Gasteiger partial charge in [-0.05, 0) is 44.9 Å². The van der Waals surface area contributed by atoms with Gasteiger partial charge in [0.2, 0.25) is 5.91 Å². The molecule has 1 aromatic rings. The van der Waals surface area contributed by atoms with Gasteiger partial charge in [-0.15, -0.1) is 0 Å². The van der Waals surface area contributed by atoms with Crippen molar-refractivity contribution in [3.63, 3.8) is 0 Å². The normalized spacial score (nSPS) is 21.2. The van der Waals surface area contributed by atoms with Crippen molar-refractivity contribution >= 4 is 17.5 Å². The van der Waals surface area contributed by atoms with Crippen LogP contribution in [0.25, 0.3) is 0 Å². The number of aliphatic hydroxyl groups is 1. The van der Waals surface area contributed by atoms with Crippen LogP contribution in [0.15, 0.2) is 18.2 Å². The summed E-state index contributed by atoms with van der Waals surface area (Å²) in [6.45, 7) is 5.27. The first-order valence-electron chi connectivity index (χ1n) is 7.91. The lowest BCUT2D eigenvalue weighted by Gasteiger charge is -2.28. The van der Waals surface area contributed by atoms with E-state index in [-0.39, 0.29) is 30.5 Å². The van der Waals surface area contributed by atoms with E-state index in [0.717, 1.165) is 13.0 Å². The SMILES string of the molecule is CC(O)C1CCN(C(C)C(=O)N(C)Cc2c(F)cccc2Cl)C1. The molecule has 0 aromatic heterocycles. The van der Waals surface area contributed by atoms with Crippen molar-refractivity contribution < 1.29 is 14.3 Å². The van der Waals surface area contributed by atoms with Gasteiger partial charge in [0.25, 0.3) is 0 Å². The number of carbonyl (C=O) groups is 1. The van der Waals surface area contributed by atoms with Crippen molar-refractivity contribution in [3.05, 3.63) is 34.6 Å². The highest BCUT2D eigenvalue weighted by Crippen LogP contribution is 2.24. The lowest BCUT2D eigenvalue weighted by molar-refractivity contribution is -0.135. The lowest BCUT2D eigenvalue weighted by atomic mass is 10.0. The maximum absolute atomic E-state index is 13.9. The van der Waals surface area contributed by atoms with Crippen molar-refractivity contribution in [2.75, 3.05) is 20.1 Å². The lowest BCUT2D eigenvalue weighted by Crippen LogP contribution is -2.45. The molecule has 0 aliphatic carbocycles. The third-order valence-corrected chi connectivity index (χ3v) is 5.03. The van der Waals surface area contributed by atoms with Crippen LogP contribution in [0.2, 0.25) is 5.02 Å². The van der Waals surface area contributed by atoms with Crippen molar-refractivity contribution in [3.8, 4) is 0 Å². The smallest absolute Gasteiger partial charge is 0.239 e. The molecule has 1 aliphatic heterocycles. The number of hydrogen-bond donors (Lipinski definition) is 1. The van der Waals surface area contributed by atoms with E-state index in [1.165, 1.54) is 11.0 Å². The average Bonchev–Trinajstić information content (AvgIpc) is 2.99. The summed E-state index contributed by atoms with van der Waals surface area (Å²) in [5.74, 6) is -0.271. The number of benzene rings is 1. The van der Waals surface area contributed by atoms with E-state index in [1.54, 1.807) is 26.1 Å². The number of carbonyl (C=O) groups excluding carboxylic acids is 1. The molecule has 0 spiro atoms. The van der Waals surface area contributed by atoms with Crippen LogP contribution in [-0.4, -0.2) is 53.1 Å². The van der Waals surface area contributed by atoms with Crippen LogP contribution in [0, 0.1) is 11.7 Å². The van der Waals surface area contributed by atoms with Crippen molar-refractivity contribution in [1.82, 2.24) is 9.80 Å². The van der Waals surface area contributed by atoms with Gasteiger partial charge in [0, 0.05) is 30.7 Å². The second-order valence-electron chi connectivity index (χ2n) is 6.35. The zero-order chi connectivity index (χ0) is 17.1. The predicted molar refractivity (Wildman–Crippen MR) is 88.7 cm³/mol. The number of rotatable bonds is 5. The molecule has 2 rings (SSSR count). The first-order valence-corrected chi connectivity index (χ1v) is 8.29. The fraction of sp³-hybridized carbons (Fsp3) is 0.588. The quantitative estimate of drug-likeness (QED) is 0.894. The van der Waals surface area contributed by atoms with E-state index in [2.05, 4.69) is 4.90 Å². The average molecular weight is 343 g/mol.